The number of benzene rings is 1. The van der Waals surface area contributed by atoms with Gasteiger partial charge in [-0.25, -0.2) is 4.98 Å². The number of amides is 1. The van der Waals surface area contributed by atoms with Crippen molar-refractivity contribution in [2.75, 3.05) is 0 Å². The maximum atomic E-state index is 11.9. The summed E-state index contributed by atoms with van der Waals surface area (Å²) in [6.07, 6.45) is 0.314. The topological polar surface area (TPSA) is 75.4 Å². The fraction of sp³-hybridized carbons (Fsp3) is 0.125. The largest absolute Gasteiger partial charge is 0.443 e. The van der Waals surface area contributed by atoms with Crippen molar-refractivity contribution < 1.29 is 14.3 Å². The molecule has 0 spiro atoms. The van der Waals surface area contributed by atoms with Gasteiger partial charge in [0.2, 0.25) is 5.89 Å². The summed E-state index contributed by atoms with van der Waals surface area (Å²) < 4.78 is 5.37. The molecule has 0 aliphatic heterocycles. The Morgan fingerprint density at radius 3 is 2.82 bits per heavy atom. The van der Waals surface area contributed by atoms with Crippen LogP contribution in [0.4, 0.5) is 0 Å². The van der Waals surface area contributed by atoms with Gasteiger partial charge in [-0.3, -0.25) is 4.79 Å². The monoisotopic (exact) mass is 314 g/mol. The molecule has 0 radical (unpaired) electrons. The van der Waals surface area contributed by atoms with Crippen molar-refractivity contribution in [3.63, 3.8) is 0 Å². The van der Waals surface area contributed by atoms with Crippen LogP contribution in [0.25, 0.3) is 10.8 Å². The third kappa shape index (κ3) is 3.24. The number of nitrogens with zero attached hydrogens (tertiary/aromatic N) is 1. The average molecular weight is 314 g/mol. The zero-order chi connectivity index (χ0) is 15.4. The molecule has 0 aliphatic rings. The van der Waals surface area contributed by atoms with Gasteiger partial charge in [0.05, 0.1) is 17.1 Å². The number of aliphatic hydroxyl groups is 1. The molecule has 22 heavy (non-hydrogen) atoms. The van der Waals surface area contributed by atoms with Crippen LogP contribution in [0.1, 0.15) is 17.4 Å². The Morgan fingerprint density at radius 1 is 1.27 bits per heavy atom. The number of carbonyl (C=O) groups excluding carboxylic acids is 1. The number of oxazole rings is 1. The number of rotatable bonds is 5. The normalized spacial score (nSPS) is 12.0. The number of hydrogen-bond acceptors (Lipinski definition) is 5. The van der Waals surface area contributed by atoms with Gasteiger partial charge in [-0.15, -0.1) is 11.3 Å². The fourth-order valence-corrected chi connectivity index (χ4v) is 2.62. The highest BCUT2D eigenvalue weighted by Gasteiger charge is 2.17. The van der Waals surface area contributed by atoms with E-state index in [-0.39, 0.29) is 6.54 Å². The molecule has 0 bridgehead atoms. The molecule has 2 aromatic heterocycles. The molecular formula is C16H14N2O3S. The molecule has 1 atom stereocenters. The lowest BCUT2D eigenvalue weighted by Crippen LogP contribution is -2.28. The summed E-state index contributed by atoms with van der Waals surface area (Å²) in [7, 11) is 0. The first-order chi connectivity index (χ1) is 10.7. The standard InChI is InChI=1S/C16H14N2O3S/c19-14(11-5-2-1-3-6-11)15(20)17-9-12-10-21-16(18-12)13-7-4-8-22-13/h1-8,10,14,19H,9H2,(H,17,20). The smallest absolute Gasteiger partial charge is 0.253 e. The van der Waals surface area contributed by atoms with Gasteiger partial charge in [-0.1, -0.05) is 36.4 Å². The number of thiophene rings is 1. The van der Waals surface area contributed by atoms with Crippen molar-refractivity contribution in [1.29, 1.82) is 0 Å². The SMILES string of the molecule is O=C(NCc1coc(-c2cccs2)n1)C(O)c1ccccc1. The third-order valence-electron chi connectivity index (χ3n) is 3.09. The summed E-state index contributed by atoms with van der Waals surface area (Å²) >= 11 is 1.53. The fourth-order valence-electron chi connectivity index (χ4n) is 1.96. The van der Waals surface area contributed by atoms with Crippen LogP contribution in [0.5, 0.6) is 0 Å². The minimum absolute atomic E-state index is 0.206. The van der Waals surface area contributed by atoms with Crippen LogP contribution in [0, 0.1) is 0 Å². The van der Waals surface area contributed by atoms with Gasteiger partial charge < -0.3 is 14.8 Å². The van der Waals surface area contributed by atoms with Crippen LogP contribution in [0.2, 0.25) is 0 Å². The van der Waals surface area contributed by atoms with Crippen LogP contribution in [-0.2, 0) is 11.3 Å². The first-order valence-corrected chi connectivity index (χ1v) is 7.61. The summed E-state index contributed by atoms with van der Waals surface area (Å²) in [5, 5.41) is 14.6. The highest BCUT2D eigenvalue weighted by atomic mass is 32.1. The first-order valence-electron chi connectivity index (χ1n) is 6.73. The van der Waals surface area contributed by atoms with Crippen molar-refractivity contribution in [2.45, 2.75) is 12.6 Å². The van der Waals surface area contributed by atoms with E-state index in [9.17, 15) is 9.90 Å². The summed E-state index contributed by atoms with van der Waals surface area (Å²) in [4.78, 5) is 17.2. The lowest BCUT2D eigenvalue weighted by molar-refractivity contribution is -0.129. The molecule has 5 nitrogen and oxygen atoms in total. The van der Waals surface area contributed by atoms with E-state index < -0.39 is 12.0 Å². The van der Waals surface area contributed by atoms with Crippen LogP contribution in [0.15, 0.2) is 58.5 Å². The Labute approximate surface area is 131 Å². The summed E-state index contributed by atoms with van der Waals surface area (Å²) in [5.41, 5.74) is 1.16. The number of aromatic nitrogens is 1. The number of carbonyl (C=O) groups is 1. The number of hydrogen-bond donors (Lipinski definition) is 2. The van der Waals surface area contributed by atoms with Crippen molar-refractivity contribution in [3.05, 3.63) is 65.4 Å². The van der Waals surface area contributed by atoms with Crippen molar-refractivity contribution in [1.82, 2.24) is 10.3 Å². The Balaban J connectivity index is 1.59. The molecule has 0 saturated carbocycles. The minimum Gasteiger partial charge on any atom is -0.443 e. The van der Waals surface area contributed by atoms with Crippen LogP contribution in [-0.4, -0.2) is 16.0 Å². The molecule has 0 fully saturated rings. The van der Waals surface area contributed by atoms with Crippen LogP contribution < -0.4 is 5.32 Å². The molecule has 3 rings (SSSR count). The Bertz CT molecular complexity index is 738. The molecule has 6 heteroatoms. The number of aliphatic hydroxyl groups excluding tert-OH is 1. The van der Waals surface area contributed by atoms with Gasteiger partial charge in [-0.05, 0) is 17.0 Å². The van der Waals surface area contributed by atoms with Gasteiger partial charge in [0.25, 0.3) is 5.91 Å². The molecule has 0 aliphatic carbocycles. The molecule has 3 aromatic rings. The molecule has 1 amide bonds. The van der Waals surface area contributed by atoms with Gasteiger partial charge in [-0.2, -0.15) is 0 Å². The van der Waals surface area contributed by atoms with Crippen molar-refractivity contribution >= 4 is 17.2 Å². The van der Waals surface area contributed by atoms with Gasteiger partial charge in [0, 0.05) is 0 Å². The Morgan fingerprint density at radius 2 is 2.09 bits per heavy atom. The second-order valence-electron chi connectivity index (χ2n) is 4.65. The Kier molecular flexibility index (Phi) is 4.32. The lowest BCUT2D eigenvalue weighted by Gasteiger charge is -2.10. The predicted molar refractivity (Wildman–Crippen MR) is 83.1 cm³/mol. The van der Waals surface area contributed by atoms with Crippen molar-refractivity contribution in [2.24, 2.45) is 0 Å². The summed E-state index contributed by atoms with van der Waals surface area (Å²) in [6, 6.07) is 12.6. The highest BCUT2D eigenvalue weighted by Crippen LogP contribution is 2.23. The molecule has 1 aromatic carbocycles. The van der Waals surface area contributed by atoms with E-state index in [1.165, 1.54) is 17.6 Å². The zero-order valence-corrected chi connectivity index (χ0v) is 12.4. The maximum absolute atomic E-state index is 11.9. The van der Waals surface area contributed by atoms with E-state index in [4.69, 9.17) is 4.42 Å². The third-order valence-corrected chi connectivity index (χ3v) is 3.95. The van der Waals surface area contributed by atoms with Crippen LogP contribution in [0.3, 0.4) is 0 Å². The maximum Gasteiger partial charge on any atom is 0.253 e. The Hall–Kier alpha value is -2.44. The molecule has 2 heterocycles. The highest BCUT2D eigenvalue weighted by molar-refractivity contribution is 7.13. The minimum atomic E-state index is -1.19. The van der Waals surface area contributed by atoms with E-state index in [1.807, 2.05) is 23.6 Å². The summed E-state index contributed by atoms with van der Waals surface area (Å²) in [6.45, 7) is 0.206. The number of nitrogens with one attached hydrogen (secondary N) is 1. The molecule has 1 unspecified atom stereocenters. The van der Waals surface area contributed by atoms with E-state index in [0.717, 1.165) is 4.88 Å². The van der Waals surface area contributed by atoms with Crippen LogP contribution >= 0.6 is 11.3 Å². The van der Waals surface area contributed by atoms with Gasteiger partial charge in [0.1, 0.15) is 6.26 Å². The zero-order valence-electron chi connectivity index (χ0n) is 11.6. The first kappa shape index (κ1) is 14.5. The van der Waals surface area contributed by atoms with E-state index in [2.05, 4.69) is 10.3 Å². The van der Waals surface area contributed by atoms with Gasteiger partial charge in [0.15, 0.2) is 6.10 Å². The summed E-state index contributed by atoms with van der Waals surface area (Å²) in [5.74, 6) is 0.0646. The molecular weight excluding hydrogens is 300 g/mol. The van der Waals surface area contributed by atoms with Crippen molar-refractivity contribution in [3.8, 4) is 10.8 Å². The predicted octanol–water partition coefficient (Wildman–Crippen LogP) is 2.75. The molecule has 2 N–H and O–H groups in total. The lowest BCUT2D eigenvalue weighted by atomic mass is 10.1. The van der Waals surface area contributed by atoms with E-state index >= 15 is 0 Å². The van der Waals surface area contributed by atoms with E-state index in [0.29, 0.717) is 17.1 Å². The van der Waals surface area contributed by atoms with E-state index in [1.54, 1.807) is 24.3 Å². The second kappa shape index (κ2) is 6.55. The quantitative estimate of drug-likeness (QED) is 0.759. The molecule has 0 saturated heterocycles. The second-order valence-corrected chi connectivity index (χ2v) is 5.60. The molecule has 112 valence electrons. The van der Waals surface area contributed by atoms with Gasteiger partial charge >= 0.3 is 0 Å². The average Bonchev–Trinajstić information content (AvgIpc) is 3.23.